The molecule has 86 valence electrons. The predicted molar refractivity (Wildman–Crippen MR) is 60.9 cm³/mol. The fourth-order valence-corrected chi connectivity index (χ4v) is 1.90. The maximum atomic E-state index is 11.1. The van der Waals surface area contributed by atoms with E-state index in [0.29, 0.717) is 23.8 Å². The largest absolute Gasteiger partial charge is 0.478 e. The van der Waals surface area contributed by atoms with Crippen molar-refractivity contribution in [3.8, 4) is 0 Å². The summed E-state index contributed by atoms with van der Waals surface area (Å²) in [6.45, 7) is 0.541. The lowest BCUT2D eigenvalue weighted by atomic mass is 10.1. The predicted octanol–water partition coefficient (Wildman–Crippen LogP) is 1.35. The van der Waals surface area contributed by atoms with E-state index in [1.807, 2.05) is 11.0 Å². The van der Waals surface area contributed by atoms with Crippen molar-refractivity contribution in [1.29, 1.82) is 0 Å². The fourth-order valence-electron chi connectivity index (χ4n) is 1.90. The zero-order chi connectivity index (χ0) is 11.5. The summed E-state index contributed by atoms with van der Waals surface area (Å²) < 4.78 is 0. The van der Waals surface area contributed by atoms with E-state index in [9.17, 15) is 4.79 Å². The van der Waals surface area contributed by atoms with Crippen LogP contribution in [0.1, 0.15) is 23.2 Å². The Morgan fingerprint density at radius 3 is 2.62 bits per heavy atom. The second-order valence-corrected chi connectivity index (χ2v) is 3.97. The van der Waals surface area contributed by atoms with Gasteiger partial charge in [0.1, 0.15) is 0 Å². The molecule has 2 rings (SSSR count). The highest BCUT2D eigenvalue weighted by molar-refractivity contribution is 5.94. The first-order chi connectivity index (χ1) is 7.74. The highest BCUT2D eigenvalue weighted by Crippen LogP contribution is 2.33. The summed E-state index contributed by atoms with van der Waals surface area (Å²) in [6, 6.07) is 7.35. The first kappa shape index (κ1) is 11.0. The number of benzene rings is 1. The lowest BCUT2D eigenvalue weighted by molar-refractivity contribution is 0.0697. The molecule has 1 saturated carbocycles. The molecular formula is C12H15NO3. The van der Waals surface area contributed by atoms with E-state index < -0.39 is 5.97 Å². The lowest BCUT2D eigenvalue weighted by Gasteiger charge is -2.25. The molecule has 1 aromatic carbocycles. The molecule has 0 spiro atoms. The van der Waals surface area contributed by atoms with Crippen LogP contribution in [0.15, 0.2) is 24.3 Å². The van der Waals surface area contributed by atoms with E-state index in [1.54, 1.807) is 18.2 Å². The van der Waals surface area contributed by atoms with Gasteiger partial charge in [-0.05, 0) is 25.0 Å². The van der Waals surface area contributed by atoms with Gasteiger partial charge in [-0.1, -0.05) is 12.1 Å². The van der Waals surface area contributed by atoms with Gasteiger partial charge >= 0.3 is 5.97 Å². The van der Waals surface area contributed by atoms with Crippen molar-refractivity contribution in [3.63, 3.8) is 0 Å². The molecular weight excluding hydrogens is 206 g/mol. The summed E-state index contributed by atoms with van der Waals surface area (Å²) in [5.41, 5.74) is 1.02. The number of para-hydroxylation sites is 1. The monoisotopic (exact) mass is 221 g/mol. The molecule has 0 unspecified atom stereocenters. The average molecular weight is 221 g/mol. The maximum absolute atomic E-state index is 11.1. The Bertz CT molecular complexity index is 388. The molecule has 2 N–H and O–H groups in total. The SMILES string of the molecule is O=C(O)c1ccccc1N(CCO)C1CC1. The minimum atomic E-state index is -0.917. The van der Waals surface area contributed by atoms with Crippen LogP contribution in [0.2, 0.25) is 0 Å². The van der Waals surface area contributed by atoms with E-state index in [-0.39, 0.29) is 6.61 Å². The van der Waals surface area contributed by atoms with Crippen molar-refractivity contribution in [2.24, 2.45) is 0 Å². The van der Waals surface area contributed by atoms with E-state index in [0.717, 1.165) is 12.8 Å². The van der Waals surface area contributed by atoms with Crippen LogP contribution < -0.4 is 4.90 Å². The Kier molecular flexibility index (Phi) is 3.10. The summed E-state index contributed by atoms with van der Waals surface area (Å²) in [7, 11) is 0. The van der Waals surface area contributed by atoms with Crippen molar-refractivity contribution in [2.75, 3.05) is 18.1 Å². The van der Waals surface area contributed by atoms with Crippen LogP contribution in [-0.2, 0) is 0 Å². The van der Waals surface area contributed by atoms with Crippen molar-refractivity contribution in [1.82, 2.24) is 0 Å². The molecule has 4 nitrogen and oxygen atoms in total. The molecule has 0 amide bonds. The second kappa shape index (κ2) is 4.53. The number of anilines is 1. The molecule has 0 aromatic heterocycles. The number of carbonyl (C=O) groups is 1. The number of aliphatic hydroxyl groups excluding tert-OH is 1. The maximum Gasteiger partial charge on any atom is 0.337 e. The Balaban J connectivity index is 2.32. The summed E-state index contributed by atoms with van der Waals surface area (Å²) >= 11 is 0. The normalized spacial score (nSPS) is 14.8. The third-order valence-electron chi connectivity index (χ3n) is 2.77. The molecule has 1 aliphatic carbocycles. The van der Waals surface area contributed by atoms with Crippen LogP contribution in [0, 0.1) is 0 Å². The zero-order valence-corrected chi connectivity index (χ0v) is 8.97. The van der Waals surface area contributed by atoms with Gasteiger partial charge in [0, 0.05) is 12.6 Å². The second-order valence-electron chi connectivity index (χ2n) is 3.97. The number of aromatic carboxylic acids is 1. The summed E-state index contributed by atoms with van der Waals surface area (Å²) in [5, 5.41) is 18.1. The highest BCUT2D eigenvalue weighted by atomic mass is 16.4. The van der Waals surface area contributed by atoms with Crippen molar-refractivity contribution in [2.45, 2.75) is 18.9 Å². The van der Waals surface area contributed by atoms with Gasteiger partial charge in [-0.3, -0.25) is 0 Å². The smallest absolute Gasteiger partial charge is 0.337 e. The van der Waals surface area contributed by atoms with Gasteiger partial charge in [-0.2, -0.15) is 0 Å². The third-order valence-corrected chi connectivity index (χ3v) is 2.77. The van der Waals surface area contributed by atoms with Crippen molar-refractivity contribution >= 4 is 11.7 Å². The molecule has 0 atom stereocenters. The molecule has 1 aromatic rings. The Hall–Kier alpha value is -1.55. The van der Waals surface area contributed by atoms with E-state index in [2.05, 4.69) is 0 Å². The van der Waals surface area contributed by atoms with Gasteiger partial charge in [0.15, 0.2) is 0 Å². The Morgan fingerprint density at radius 2 is 2.06 bits per heavy atom. The van der Waals surface area contributed by atoms with Crippen LogP contribution in [0.25, 0.3) is 0 Å². The number of hydrogen-bond donors (Lipinski definition) is 2. The van der Waals surface area contributed by atoms with Gasteiger partial charge in [0.2, 0.25) is 0 Å². The van der Waals surface area contributed by atoms with E-state index >= 15 is 0 Å². The van der Waals surface area contributed by atoms with Gasteiger partial charge in [0.25, 0.3) is 0 Å². The molecule has 1 fully saturated rings. The van der Waals surface area contributed by atoms with E-state index in [1.165, 1.54) is 0 Å². The van der Waals surface area contributed by atoms with Crippen LogP contribution in [0.3, 0.4) is 0 Å². The Labute approximate surface area is 94.1 Å². The van der Waals surface area contributed by atoms with Crippen molar-refractivity contribution < 1.29 is 15.0 Å². The fraction of sp³-hybridized carbons (Fsp3) is 0.417. The molecule has 4 heteroatoms. The van der Waals surface area contributed by atoms with Crippen LogP contribution in [-0.4, -0.2) is 35.4 Å². The number of nitrogens with zero attached hydrogens (tertiary/aromatic N) is 1. The summed E-state index contributed by atoms with van der Waals surface area (Å²) in [5.74, 6) is -0.917. The number of carboxylic acids is 1. The minimum absolute atomic E-state index is 0.0461. The van der Waals surface area contributed by atoms with Gasteiger partial charge in [-0.15, -0.1) is 0 Å². The van der Waals surface area contributed by atoms with Crippen LogP contribution >= 0.6 is 0 Å². The summed E-state index contributed by atoms with van der Waals surface area (Å²) in [6.07, 6.45) is 2.15. The number of rotatable bonds is 5. The van der Waals surface area contributed by atoms with Crippen LogP contribution in [0.4, 0.5) is 5.69 Å². The highest BCUT2D eigenvalue weighted by Gasteiger charge is 2.30. The third kappa shape index (κ3) is 2.17. The Morgan fingerprint density at radius 1 is 1.38 bits per heavy atom. The van der Waals surface area contributed by atoms with Crippen molar-refractivity contribution in [3.05, 3.63) is 29.8 Å². The average Bonchev–Trinajstić information content (AvgIpc) is 3.10. The topological polar surface area (TPSA) is 60.8 Å². The first-order valence-electron chi connectivity index (χ1n) is 5.44. The molecule has 0 aliphatic heterocycles. The molecule has 0 bridgehead atoms. The van der Waals surface area contributed by atoms with Gasteiger partial charge in [-0.25, -0.2) is 4.79 Å². The lowest BCUT2D eigenvalue weighted by Crippen LogP contribution is -2.30. The molecule has 1 aliphatic rings. The number of aliphatic hydroxyl groups is 1. The molecule has 0 heterocycles. The van der Waals surface area contributed by atoms with Crippen LogP contribution in [0.5, 0.6) is 0 Å². The summed E-state index contributed by atoms with van der Waals surface area (Å²) in [4.78, 5) is 13.1. The quantitative estimate of drug-likeness (QED) is 0.787. The van der Waals surface area contributed by atoms with Gasteiger partial charge in [0.05, 0.1) is 17.9 Å². The van der Waals surface area contributed by atoms with E-state index in [4.69, 9.17) is 10.2 Å². The van der Waals surface area contributed by atoms with Gasteiger partial charge < -0.3 is 15.1 Å². The zero-order valence-electron chi connectivity index (χ0n) is 8.97. The minimum Gasteiger partial charge on any atom is -0.478 e. The molecule has 0 saturated heterocycles. The standard InChI is InChI=1S/C12H15NO3/c14-8-7-13(9-5-6-9)11-4-2-1-3-10(11)12(15)16/h1-4,9,14H,5-8H2,(H,15,16). The molecule has 0 radical (unpaired) electrons. The number of carboxylic acid groups (broad SMARTS) is 1. The number of hydrogen-bond acceptors (Lipinski definition) is 3. The molecule has 16 heavy (non-hydrogen) atoms. The first-order valence-corrected chi connectivity index (χ1v) is 5.44.